The second-order valence-corrected chi connectivity index (χ2v) is 8.31. The summed E-state index contributed by atoms with van der Waals surface area (Å²) in [5, 5.41) is 0. The topological polar surface area (TPSA) is 49.9 Å². The lowest BCUT2D eigenvalue weighted by molar-refractivity contribution is -0.00473. The molecule has 0 spiro atoms. The Morgan fingerprint density at radius 2 is 1.83 bits per heavy atom. The van der Waals surface area contributed by atoms with Crippen LogP contribution in [0, 0.1) is 11.7 Å². The summed E-state index contributed by atoms with van der Waals surface area (Å²) in [5.74, 6) is 0.0869. The molecule has 3 rings (SSSR count). The zero-order valence-electron chi connectivity index (χ0n) is 13.3. The van der Waals surface area contributed by atoms with E-state index in [2.05, 4.69) is 6.92 Å². The van der Waals surface area contributed by atoms with E-state index < -0.39 is 10.2 Å². The lowest BCUT2D eigenvalue weighted by Crippen LogP contribution is -2.51. The van der Waals surface area contributed by atoms with Gasteiger partial charge >= 0.3 is 0 Å². The van der Waals surface area contributed by atoms with Crippen molar-refractivity contribution in [1.29, 1.82) is 0 Å². The lowest BCUT2D eigenvalue weighted by atomic mass is 10.0. The first-order valence-corrected chi connectivity index (χ1v) is 9.49. The maximum absolute atomic E-state index is 13.0. The van der Waals surface area contributed by atoms with Crippen LogP contribution in [0.2, 0.25) is 0 Å². The number of piperidine rings is 1. The molecular formula is C16H23FN2O3S. The summed E-state index contributed by atoms with van der Waals surface area (Å²) in [4.78, 5) is 0. The van der Waals surface area contributed by atoms with Crippen LogP contribution in [-0.4, -0.2) is 49.8 Å². The molecule has 2 heterocycles. The van der Waals surface area contributed by atoms with Gasteiger partial charge in [0.1, 0.15) is 5.82 Å². The molecule has 2 saturated heterocycles. The summed E-state index contributed by atoms with van der Waals surface area (Å²) in [7, 11) is -3.45. The van der Waals surface area contributed by atoms with Crippen LogP contribution in [0.1, 0.15) is 31.4 Å². The van der Waals surface area contributed by atoms with Crippen LogP contribution in [0.5, 0.6) is 0 Å². The molecule has 23 heavy (non-hydrogen) atoms. The second kappa shape index (κ2) is 6.84. The van der Waals surface area contributed by atoms with E-state index in [1.165, 1.54) is 16.4 Å². The van der Waals surface area contributed by atoms with Crippen molar-refractivity contribution in [3.05, 3.63) is 35.6 Å². The predicted molar refractivity (Wildman–Crippen MR) is 85.6 cm³/mol. The highest BCUT2D eigenvalue weighted by Gasteiger charge is 2.36. The average Bonchev–Trinajstić information content (AvgIpc) is 2.56. The zero-order chi connectivity index (χ0) is 16.4. The fourth-order valence-corrected chi connectivity index (χ4v) is 4.99. The number of nitrogens with zero attached hydrogens (tertiary/aromatic N) is 2. The minimum absolute atomic E-state index is 0.277. The Kier molecular flexibility index (Phi) is 5.01. The summed E-state index contributed by atoms with van der Waals surface area (Å²) in [5.41, 5.74) is 0.804. The molecule has 7 heteroatoms. The molecule has 128 valence electrons. The number of benzene rings is 1. The first-order valence-electron chi connectivity index (χ1n) is 8.09. The smallest absolute Gasteiger partial charge is 0.282 e. The van der Waals surface area contributed by atoms with Gasteiger partial charge in [0.2, 0.25) is 0 Å². The van der Waals surface area contributed by atoms with Gasteiger partial charge in [-0.1, -0.05) is 19.1 Å². The van der Waals surface area contributed by atoms with Gasteiger partial charge in [0.05, 0.1) is 12.7 Å². The van der Waals surface area contributed by atoms with E-state index in [0.29, 0.717) is 32.2 Å². The van der Waals surface area contributed by atoms with Gasteiger partial charge in [-0.15, -0.1) is 0 Å². The molecule has 0 saturated carbocycles. The number of rotatable bonds is 3. The minimum Gasteiger partial charge on any atom is -0.371 e. The summed E-state index contributed by atoms with van der Waals surface area (Å²) >= 11 is 0. The first kappa shape index (κ1) is 16.8. The number of halogens is 1. The first-order chi connectivity index (χ1) is 11.0. The van der Waals surface area contributed by atoms with Crippen LogP contribution in [0.4, 0.5) is 4.39 Å². The molecule has 0 aromatic heterocycles. The quantitative estimate of drug-likeness (QED) is 0.846. The molecule has 0 N–H and O–H groups in total. The molecule has 0 radical (unpaired) electrons. The van der Waals surface area contributed by atoms with Gasteiger partial charge in [0, 0.05) is 26.2 Å². The second-order valence-electron chi connectivity index (χ2n) is 6.38. The standard InChI is InChI=1S/C16H23FN2O3S/c1-13-3-2-8-18(11-13)23(20,21)19-9-10-22-16(12-19)14-4-6-15(17)7-5-14/h4-7,13,16H,2-3,8-12H2,1H3/t13-,16-/m0/s1. The van der Waals surface area contributed by atoms with E-state index in [-0.39, 0.29) is 18.5 Å². The number of ether oxygens (including phenoxy) is 1. The fraction of sp³-hybridized carbons (Fsp3) is 0.625. The van der Waals surface area contributed by atoms with E-state index in [9.17, 15) is 12.8 Å². The van der Waals surface area contributed by atoms with Crippen molar-refractivity contribution in [3.8, 4) is 0 Å². The normalized spacial score (nSPS) is 27.9. The molecule has 1 aromatic carbocycles. The van der Waals surface area contributed by atoms with Crippen LogP contribution in [0.25, 0.3) is 0 Å². The molecule has 1 aromatic rings. The third kappa shape index (κ3) is 3.74. The van der Waals surface area contributed by atoms with E-state index >= 15 is 0 Å². The highest BCUT2D eigenvalue weighted by Crippen LogP contribution is 2.27. The lowest BCUT2D eigenvalue weighted by Gasteiger charge is -2.38. The van der Waals surface area contributed by atoms with Crippen molar-refractivity contribution in [3.63, 3.8) is 0 Å². The van der Waals surface area contributed by atoms with E-state index in [1.807, 2.05) is 0 Å². The van der Waals surface area contributed by atoms with Crippen LogP contribution in [0.3, 0.4) is 0 Å². The van der Waals surface area contributed by atoms with Crippen molar-refractivity contribution in [2.24, 2.45) is 5.92 Å². The third-order valence-electron chi connectivity index (χ3n) is 4.54. The number of hydrogen-bond donors (Lipinski definition) is 0. The summed E-state index contributed by atoms with van der Waals surface area (Å²) in [6.07, 6.45) is 1.64. The van der Waals surface area contributed by atoms with Gasteiger partial charge in [0.25, 0.3) is 10.2 Å². The summed E-state index contributed by atoms with van der Waals surface area (Å²) < 4.78 is 47.5. The highest BCUT2D eigenvalue weighted by atomic mass is 32.2. The van der Waals surface area contributed by atoms with Crippen molar-refractivity contribution in [1.82, 2.24) is 8.61 Å². The highest BCUT2D eigenvalue weighted by molar-refractivity contribution is 7.86. The molecule has 2 atom stereocenters. The van der Waals surface area contributed by atoms with Gasteiger partial charge in [-0.05, 0) is 36.5 Å². The van der Waals surface area contributed by atoms with Gasteiger partial charge in [-0.3, -0.25) is 0 Å². The van der Waals surface area contributed by atoms with Gasteiger partial charge < -0.3 is 4.74 Å². The Hall–Kier alpha value is -1.02. The van der Waals surface area contributed by atoms with Gasteiger partial charge in [-0.25, -0.2) is 4.39 Å². The Morgan fingerprint density at radius 3 is 2.52 bits per heavy atom. The van der Waals surface area contributed by atoms with E-state index in [1.54, 1.807) is 16.4 Å². The number of hydrogen-bond acceptors (Lipinski definition) is 3. The van der Waals surface area contributed by atoms with E-state index in [0.717, 1.165) is 18.4 Å². The Balaban J connectivity index is 1.73. The molecule has 0 unspecified atom stereocenters. The molecule has 2 aliphatic heterocycles. The zero-order valence-corrected chi connectivity index (χ0v) is 14.1. The third-order valence-corrected chi connectivity index (χ3v) is 6.51. The molecule has 0 amide bonds. The van der Waals surface area contributed by atoms with E-state index in [4.69, 9.17) is 4.74 Å². The van der Waals surface area contributed by atoms with Gasteiger partial charge in [0.15, 0.2) is 0 Å². The fourth-order valence-electron chi connectivity index (χ4n) is 3.23. The molecule has 0 aliphatic carbocycles. The molecule has 2 aliphatic rings. The Bertz CT molecular complexity index is 635. The SMILES string of the molecule is C[C@H]1CCCN(S(=O)(=O)N2CCO[C@H](c3ccc(F)cc3)C2)C1. The van der Waals surface area contributed by atoms with Crippen LogP contribution >= 0.6 is 0 Å². The van der Waals surface area contributed by atoms with Crippen molar-refractivity contribution < 1.29 is 17.5 Å². The molecule has 0 bridgehead atoms. The minimum atomic E-state index is -3.45. The average molecular weight is 342 g/mol. The summed E-state index contributed by atoms with van der Waals surface area (Å²) in [6.45, 7) is 4.25. The predicted octanol–water partition coefficient (Wildman–Crippen LogP) is 2.18. The van der Waals surface area contributed by atoms with Crippen LogP contribution < -0.4 is 0 Å². The maximum Gasteiger partial charge on any atom is 0.282 e. The van der Waals surface area contributed by atoms with Crippen molar-refractivity contribution >= 4 is 10.2 Å². The van der Waals surface area contributed by atoms with Gasteiger partial charge in [-0.2, -0.15) is 17.0 Å². The van der Waals surface area contributed by atoms with Crippen molar-refractivity contribution in [2.75, 3.05) is 32.8 Å². The van der Waals surface area contributed by atoms with Crippen molar-refractivity contribution in [2.45, 2.75) is 25.9 Å². The Labute approximate surface area is 137 Å². The largest absolute Gasteiger partial charge is 0.371 e. The van der Waals surface area contributed by atoms with Crippen LogP contribution in [0.15, 0.2) is 24.3 Å². The monoisotopic (exact) mass is 342 g/mol. The van der Waals surface area contributed by atoms with Crippen LogP contribution in [-0.2, 0) is 14.9 Å². The Morgan fingerprint density at radius 1 is 1.13 bits per heavy atom. The summed E-state index contributed by atoms with van der Waals surface area (Å²) in [6, 6.07) is 6.05. The molecular weight excluding hydrogens is 319 g/mol. The molecule has 5 nitrogen and oxygen atoms in total. The number of morpholine rings is 1. The maximum atomic E-state index is 13.0. The molecule has 2 fully saturated rings.